The number of benzene rings is 2. The van der Waals surface area contributed by atoms with Crippen molar-refractivity contribution in [3.05, 3.63) is 59.9 Å². The van der Waals surface area contributed by atoms with Crippen LogP contribution in [0.3, 0.4) is 0 Å². The van der Waals surface area contributed by atoms with Gasteiger partial charge in [0.2, 0.25) is 0 Å². The van der Waals surface area contributed by atoms with Crippen LogP contribution in [-0.4, -0.2) is 51.9 Å². The van der Waals surface area contributed by atoms with Crippen molar-refractivity contribution < 1.29 is 4.79 Å². The second-order valence-electron chi connectivity index (χ2n) is 7.01. The van der Waals surface area contributed by atoms with E-state index in [4.69, 9.17) is 4.98 Å². The van der Waals surface area contributed by atoms with Crippen LogP contribution in [-0.2, 0) is 0 Å². The summed E-state index contributed by atoms with van der Waals surface area (Å²) >= 11 is 1.72. The van der Waals surface area contributed by atoms with Gasteiger partial charge in [0.05, 0.1) is 21.3 Å². The molecule has 1 amide bonds. The third-order valence-corrected chi connectivity index (χ3v) is 6.17. The fourth-order valence-corrected chi connectivity index (χ4v) is 4.65. The maximum atomic E-state index is 12.9. The first kappa shape index (κ1) is 17.1. The molecule has 2 aromatic heterocycles. The standard InChI is InChI=1S/C21H19N5OS/c1-14-2-4-17-19(12-14)28-21(24-17)26-10-8-25(9-11-26)20(27)15-3-5-16-18(13-15)23-7-6-22-16/h2-7,12-13H,8-11H2,1H3. The zero-order valence-corrected chi connectivity index (χ0v) is 16.3. The van der Waals surface area contributed by atoms with E-state index in [2.05, 4.69) is 40.0 Å². The van der Waals surface area contributed by atoms with Crippen molar-refractivity contribution in [2.45, 2.75) is 6.92 Å². The first-order chi connectivity index (χ1) is 13.7. The molecule has 0 spiro atoms. The summed E-state index contributed by atoms with van der Waals surface area (Å²) in [6.07, 6.45) is 3.31. The lowest BCUT2D eigenvalue weighted by Crippen LogP contribution is -2.48. The van der Waals surface area contributed by atoms with Gasteiger partial charge in [0, 0.05) is 44.1 Å². The number of hydrogen-bond donors (Lipinski definition) is 0. The molecule has 0 N–H and O–H groups in total. The van der Waals surface area contributed by atoms with Crippen molar-refractivity contribution in [2.75, 3.05) is 31.1 Å². The summed E-state index contributed by atoms with van der Waals surface area (Å²) in [5.41, 5.74) is 4.50. The van der Waals surface area contributed by atoms with Gasteiger partial charge in [0.1, 0.15) is 0 Å². The summed E-state index contributed by atoms with van der Waals surface area (Å²) in [6.45, 7) is 5.05. The van der Waals surface area contributed by atoms with Crippen LogP contribution in [0.1, 0.15) is 15.9 Å². The molecular formula is C21H19N5OS. The molecular weight excluding hydrogens is 370 g/mol. The molecule has 0 unspecified atom stereocenters. The Hall–Kier alpha value is -3.06. The van der Waals surface area contributed by atoms with Gasteiger partial charge in [0.25, 0.3) is 5.91 Å². The van der Waals surface area contributed by atoms with E-state index in [1.54, 1.807) is 23.7 Å². The number of aryl methyl sites for hydroxylation is 1. The van der Waals surface area contributed by atoms with Crippen LogP contribution in [0.25, 0.3) is 21.3 Å². The van der Waals surface area contributed by atoms with Crippen LogP contribution in [0, 0.1) is 6.92 Å². The predicted octanol–water partition coefficient (Wildman–Crippen LogP) is 3.51. The summed E-state index contributed by atoms with van der Waals surface area (Å²) in [5, 5.41) is 1.04. The topological polar surface area (TPSA) is 62.2 Å². The smallest absolute Gasteiger partial charge is 0.254 e. The number of thiazole rings is 1. The van der Waals surface area contributed by atoms with E-state index < -0.39 is 0 Å². The van der Waals surface area contributed by atoms with Gasteiger partial charge in [-0.05, 0) is 42.8 Å². The van der Waals surface area contributed by atoms with E-state index in [0.717, 1.165) is 34.8 Å². The van der Waals surface area contributed by atoms with Gasteiger partial charge in [-0.25, -0.2) is 4.98 Å². The Balaban J connectivity index is 1.30. The Bertz CT molecular complexity index is 1180. The summed E-state index contributed by atoms with van der Waals surface area (Å²) in [7, 11) is 0. The number of nitrogens with zero attached hydrogens (tertiary/aromatic N) is 5. The summed E-state index contributed by atoms with van der Waals surface area (Å²) < 4.78 is 1.21. The average molecular weight is 389 g/mol. The van der Waals surface area contributed by atoms with Crippen LogP contribution >= 0.6 is 11.3 Å². The van der Waals surface area contributed by atoms with Crippen molar-refractivity contribution in [1.29, 1.82) is 0 Å². The van der Waals surface area contributed by atoms with Crippen molar-refractivity contribution in [2.24, 2.45) is 0 Å². The van der Waals surface area contributed by atoms with Gasteiger partial charge in [-0.3, -0.25) is 14.8 Å². The maximum Gasteiger partial charge on any atom is 0.254 e. The van der Waals surface area contributed by atoms with E-state index >= 15 is 0 Å². The quantitative estimate of drug-likeness (QED) is 0.525. The van der Waals surface area contributed by atoms with E-state index in [1.807, 2.05) is 23.1 Å². The Morgan fingerprint density at radius 1 is 0.929 bits per heavy atom. The van der Waals surface area contributed by atoms with Crippen molar-refractivity contribution in [1.82, 2.24) is 19.9 Å². The Labute approximate surface area is 166 Å². The molecule has 4 aromatic rings. The zero-order valence-electron chi connectivity index (χ0n) is 15.5. The minimum Gasteiger partial charge on any atom is -0.345 e. The molecule has 1 fully saturated rings. The van der Waals surface area contributed by atoms with E-state index in [1.165, 1.54) is 10.3 Å². The van der Waals surface area contributed by atoms with Crippen LogP contribution < -0.4 is 4.90 Å². The number of aromatic nitrogens is 3. The highest BCUT2D eigenvalue weighted by Gasteiger charge is 2.24. The van der Waals surface area contributed by atoms with Gasteiger partial charge in [-0.2, -0.15) is 0 Å². The van der Waals surface area contributed by atoms with E-state index in [9.17, 15) is 4.79 Å². The minimum atomic E-state index is 0.0483. The molecule has 0 saturated carbocycles. The van der Waals surface area contributed by atoms with Crippen LogP contribution in [0.5, 0.6) is 0 Å². The molecule has 0 aliphatic carbocycles. The first-order valence-electron chi connectivity index (χ1n) is 9.29. The highest BCUT2D eigenvalue weighted by atomic mass is 32.1. The number of hydrogen-bond acceptors (Lipinski definition) is 6. The van der Waals surface area contributed by atoms with Gasteiger partial charge in [0.15, 0.2) is 5.13 Å². The lowest BCUT2D eigenvalue weighted by Gasteiger charge is -2.34. The molecule has 0 bridgehead atoms. The highest BCUT2D eigenvalue weighted by molar-refractivity contribution is 7.22. The second kappa shape index (κ2) is 6.83. The van der Waals surface area contributed by atoms with Gasteiger partial charge in [-0.1, -0.05) is 17.4 Å². The summed E-state index contributed by atoms with van der Waals surface area (Å²) in [5.74, 6) is 0.0483. The molecule has 1 aliphatic heterocycles. The van der Waals surface area contributed by atoms with Crippen molar-refractivity contribution in [3.8, 4) is 0 Å². The second-order valence-corrected chi connectivity index (χ2v) is 8.02. The fraction of sp³-hybridized carbons (Fsp3) is 0.238. The third-order valence-electron chi connectivity index (χ3n) is 5.09. The molecule has 6 nitrogen and oxygen atoms in total. The number of fused-ring (bicyclic) bond motifs is 2. The molecule has 0 radical (unpaired) electrons. The number of amides is 1. The SMILES string of the molecule is Cc1ccc2nc(N3CCN(C(=O)c4ccc5nccnc5c4)CC3)sc2c1. The monoisotopic (exact) mass is 389 g/mol. The molecule has 1 aliphatic rings. The highest BCUT2D eigenvalue weighted by Crippen LogP contribution is 2.30. The van der Waals surface area contributed by atoms with Gasteiger partial charge < -0.3 is 9.80 Å². The van der Waals surface area contributed by atoms with Crippen LogP contribution in [0.4, 0.5) is 5.13 Å². The predicted molar refractivity (Wildman–Crippen MR) is 112 cm³/mol. The third kappa shape index (κ3) is 3.07. The molecule has 5 rings (SSSR count). The Morgan fingerprint density at radius 3 is 2.50 bits per heavy atom. The summed E-state index contributed by atoms with van der Waals surface area (Å²) in [6, 6.07) is 11.9. The summed E-state index contributed by atoms with van der Waals surface area (Å²) in [4.78, 5) is 30.4. The maximum absolute atomic E-state index is 12.9. The number of rotatable bonds is 2. The normalized spacial score (nSPS) is 14.8. The molecule has 140 valence electrons. The number of carbonyl (C=O) groups is 1. The lowest BCUT2D eigenvalue weighted by molar-refractivity contribution is 0.0747. The lowest BCUT2D eigenvalue weighted by atomic mass is 10.1. The molecule has 3 heterocycles. The van der Waals surface area contributed by atoms with Gasteiger partial charge in [-0.15, -0.1) is 0 Å². The van der Waals surface area contributed by atoms with E-state index in [-0.39, 0.29) is 5.91 Å². The average Bonchev–Trinajstić information content (AvgIpc) is 3.16. The fourth-order valence-electron chi connectivity index (χ4n) is 3.53. The minimum absolute atomic E-state index is 0.0483. The van der Waals surface area contributed by atoms with Crippen LogP contribution in [0.15, 0.2) is 48.8 Å². The Morgan fingerprint density at radius 2 is 1.68 bits per heavy atom. The van der Waals surface area contributed by atoms with Crippen LogP contribution in [0.2, 0.25) is 0 Å². The van der Waals surface area contributed by atoms with E-state index in [0.29, 0.717) is 18.7 Å². The first-order valence-corrected chi connectivity index (χ1v) is 10.1. The number of piperazine rings is 1. The zero-order chi connectivity index (χ0) is 19.1. The molecule has 28 heavy (non-hydrogen) atoms. The van der Waals surface area contributed by atoms with Gasteiger partial charge >= 0.3 is 0 Å². The molecule has 7 heteroatoms. The van der Waals surface area contributed by atoms with Crippen molar-refractivity contribution in [3.63, 3.8) is 0 Å². The largest absolute Gasteiger partial charge is 0.345 e. The molecule has 0 atom stereocenters. The molecule has 2 aromatic carbocycles. The Kier molecular flexibility index (Phi) is 4.16. The number of anilines is 1. The molecule has 1 saturated heterocycles. The number of carbonyl (C=O) groups excluding carboxylic acids is 1. The van der Waals surface area contributed by atoms with Crippen molar-refractivity contribution >= 4 is 43.6 Å².